The quantitative estimate of drug-likeness (QED) is 0.247. The first-order chi connectivity index (χ1) is 18.7. The molecule has 2 atom stereocenters. The van der Waals surface area contributed by atoms with Crippen LogP contribution in [0.15, 0.2) is 58.7 Å². The molecule has 39 heavy (non-hydrogen) atoms. The van der Waals surface area contributed by atoms with E-state index in [1.807, 2.05) is 0 Å². The van der Waals surface area contributed by atoms with Gasteiger partial charge in [0, 0.05) is 11.6 Å². The van der Waals surface area contributed by atoms with Crippen molar-refractivity contribution in [1.82, 2.24) is 4.90 Å². The van der Waals surface area contributed by atoms with Crippen LogP contribution in [-0.2, 0) is 23.8 Å². The first kappa shape index (κ1) is 28.5. The van der Waals surface area contributed by atoms with Crippen LogP contribution >= 0.6 is 23.2 Å². The highest BCUT2D eigenvalue weighted by Gasteiger charge is 2.44. The molecule has 204 valence electrons. The molecule has 2 amide bonds. The van der Waals surface area contributed by atoms with E-state index >= 15 is 0 Å². The molecular weight excluding hydrogens is 547 g/mol. The Bertz CT molecular complexity index is 1370. The SMILES string of the molecule is CCOC(=O)C1C(C)=NC(COCCN2C(=O)c3ccccc3C2=O)=C(C(=O)OC)C1c1cccc(Cl)c1Cl. The first-order valence-electron chi connectivity index (χ1n) is 12.2. The van der Waals surface area contributed by atoms with Crippen LogP contribution in [0.2, 0.25) is 10.0 Å². The minimum atomic E-state index is -0.961. The van der Waals surface area contributed by atoms with Crippen LogP contribution in [0.25, 0.3) is 0 Å². The van der Waals surface area contributed by atoms with Crippen molar-refractivity contribution in [1.29, 1.82) is 0 Å². The summed E-state index contributed by atoms with van der Waals surface area (Å²) in [6.45, 7) is 3.30. The number of carbonyl (C=O) groups is 4. The number of carbonyl (C=O) groups excluding carboxylic acids is 4. The monoisotopic (exact) mass is 572 g/mol. The number of hydrogen-bond donors (Lipinski definition) is 0. The molecule has 0 fully saturated rings. The van der Waals surface area contributed by atoms with E-state index < -0.39 is 35.6 Å². The van der Waals surface area contributed by atoms with Crippen LogP contribution in [-0.4, -0.2) is 67.8 Å². The van der Waals surface area contributed by atoms with Gasteiger partial charge in [-0.2, -0.15) is 0 Å². The van der Waals surface area contributed by atoms with Gasteiger partial charge in [-0.3, -0.25) is 24.3 Å². The first-order valence-corrected chi connectivity index (χ1v) is 13.0. The van der Waals surface area contributed by atoms with E-state index in [0.29, 0.717) is 22.4 Å². The Morgan fingerprint density at radius 2 is 1.69 bits per heavy atom. The maximum absolute atomic E-state index is 13.1. The number of halogens is 2. The number of fused-ring (bicyclic) bond motifs is 1. The number of imide groups is 1. The molecule has 0 bridgehead atoms. The molecule has 4 rings (SSSR count). The van der Waals surface area contributed by atoms with Gasteiger partial charge in [-0.15, -0.1) is 0 Å². The smallest absolute Gasteiger partial charge is 0.336 e. The van der Waals surface area contributed by atoms with Gasteiger partial charge >= 0.3 is 11.9 Å². The molecule has 2 aliphatic heterocycles. The highest BCUT2D eigenvalue weighted by molar-refractivity contribution is 6.42. The van der Waals surface area contributed by atoms with Crippen LogP contribution in [0, 0.1) is 5.92 Å². The van der Waals surface area contributed by atoms with E-state index in [1.165, 1.54) is 7.11 Å². The fraction of sp³-hybridized carbons (Fsp3) is 0.321. The van der Waals surface area contributed by atoms with Gasteiger partial charge in [0.1, 0.15) is 5.92 Å². The molecule has 0 N–H and O–H groups in total. The summed E-state index contributed by atoms with van der Waals surface area (Å²) in [4.78, 5) is 57.1. The molecule has 9 nitrogen and oxygen atoms in total. The summed E-state index contributed by atoms with van der Waals surface area (Å²) in [7, 11) is 1.22. The highest BCUT2D eigenvalue weighted by Crippen LogP contribution is 2.44. The average molecular weight is 573 g/mol. The number of ether oxygens (including phenoxy) is 3. The molecule has 0 aliphatic carbocycles. The van der Waals surface area contributed by atoms with E-state index in [2.05, 4.69) is 4.99 Å². The molecule has 0 aromatic heterocycles. The van der Waals surface area contributed by atoms with Gasteiger partial charge in [0.05, 0.1) is 65.9 Å². The second kappa shape index (κ2) is 12.1. The third kappa shape index (κ3) is 5.48. The van der Waals surface area contributed by atoms with E-state index in [-0.39, 0.29) is 47.7 Å². The zero-order valence-corrected chi connectivity index (χ0v) is 23.0. The number of amides is 2. The van der Waals surface area contributed by atoms with Crippen molar-refractivity contribution in [3.63, 3.8) is 0 Å². The Morgan fingerprint density at radius 1 is 1.03 bits per heavy atom. The summed E-state index contributed by atoms with van der Waals surface area (Å²) in [5.74, 6) is -3.96. The third-order valence-electron chi connectivity index (χ3n) is 6.56. The fourth-order valence-electron chi connectivity index (χ4n) is 4.80. The molecule has 0 radical (unpaired) electrons. The van der Waals surface area contributed by atoms with Gasteiger partial charge in [-0.05, 0) is 37.6 Å². The van der Waals surface area contributed by atoms with Gasteiger partial charge in [-0.1, -0.05) is 47.5 Å². The van der Waals surface area contributed by atoms with Gasteiger partial charge in [-0.25, -0.2) is 4.79 Å². The Kier molecular flexibility index (Phi) is 8.84. The Hall–Kier alpha value is -3.53. The molecule has 2 aromatic carbocycles. The normalized spacial score (nSPS) is 18.7. The molecular formula is C28H26Cl2N2O7. The molecule has 2 heterocycles. The number of aliphatic imine (C=N–C) groups is 1. The number of methoxy groups -OCH3 is 1. The maximum Gasteiger partial charge on any atom is 0.336 e. The van der Waals surface area contributed by atoms with Crippen molar-refractivity contribution in [3.8, 4) is 0 Å². The minimum absolute atomic E-state index is 0.00484. The molecule has 2 unspecified atom stereocenters. The second-order valence-corrected chi connectivity index (χ2v) is 9.60. The van der Waals surface area contributed by atoms with Crippen molar-refractivity contribution >= 4 is 52.7 Å². The number of hydrogen-bond acceptors (Lipinski definition) is 8. The van der Waals surface area contributed by atoms with Crippen molar-refractivity contribution in [2.45, 2.75) is 19.8 Å². The van der Waals surface area contributed by atoms with E-state index in [4.69, 9.17) is 37.4 Å². The maximum atomic E-state index is 13.1. The molecule has 0 spiro atoms. The summed E-state index contributed by atoms with van der Waals surface area (Å²) >= 11 is 12.8. The number of benzene rings is 2. The molecule has 2 aromatic rings. The molecule has 0 saturated heterocycles. The van der Waals surface area contributed by atoms with E-state index in [1.54, 1.807) is 56.3 Å². The number of esters is 2. The van der Waals surface area contributed by atoms with Gasteiger partial charge in [0.2, 0.25) is 0 Å². The lowest BCUT2D eigenvalue weighted by Crippen LogP contribution is -2.37. The van der Waals surface area contributed by atoms with Crippen molar-refractivity contribution < 1.29 is 33.4 Å². The minimum Gasteiger partial charge on any atom is -0.466 e. The zero-order chi connectivity index (χ0) is 28.3. The fourth-order valence-corrected chi connectivity index (χ4v) is 5.22. The molecule has 11 heteroatoms. The summed E-state index contributed by atoms with van der Waals surface area (Å²) in [5, 5.41) is 0.431. The third-order valence-corrected chi connectivity index (χ3v) is 7.39. The Morgan fingerprint density at radius 3 is 2.31 bits per heavy atom. The summed E-state index contributed by atoms with van der Waals surface area (Å²) in [5.41, 5.74) is 1.81. The Labute approximate surface area is 235 Å². The largest absolute Gasteiger partial charge is 0.466 e. The number of nitrogens with zero attached hydrogens (tertiary/aromatic N) is 2. The van der Waals surface area contributed by atoms with Crippen molar-refractivity contribution in [3.05, 3.63) is 80.5 Å². The van der Waals surface area contributed by atoms with Crippen LogP contribution in [0.1, 0.15) is 46.0 Å². The summed E-state index contributed by atoms with van der Waals surface area (Å²) in [6.07, 6.45) is 0. The van der Waals surface area contributed by atoms with Crippen LogP contribution in [0.4, 0.5) is 0 Å². The van der Waals surface area contributed by atoms with Crippen molar-refractivity contribution in [2.24, 2.45) is 10.9 Å². The van der Waals surface area contributed by atoms with Gasteiger partial charge < -0.3 is 14.2 Å². The van der Waals surface area contributed by atoms with E-state index in [0.717, 1.165) is 4.90 Å². The summed E-state index contributed by atoms with van der Waals surface area (Å²) < 4.78 is 16.2. The van der Waals surface area contributed by atoms with Gasteiger partial charge in [0.25, 0.3) is 11.8 Å². The standard InChI is InChI=1S/C28H26Cl2N2O7/c1-4-39-28(36)21-15(2)31-20(23(27(35)37-3)22(21)18-10-7-11-19(29)24(18)30)14-38-13-12-32-25(33)16-8-5-6-9-17(16)26(32)34/h5-11,21-22H,4,12-14H2,1-3H3. The lowest BCUT2D eigenvalue weighted by atomic mass is 9.75. The van der Waals surface area contributed by atoms with Crippen LogP contribution in [0.3, 0.4) is 0 Å². The lowest BCUT2D eigenvalue weighted by molar-refractivity contribution is -0.146. The van der Waals surface area contributed by atoms with Gasteiger partial charge in [0.15, 0.2) is 0 Å². The molecule has 2 aliphatic rings. The highest BCUT2D eigenvalue weighted by atomic mass is 35.5. The predicted molar refractivity (Wildman–Crippen MR) is 144 cm³/mol. The predicted octanol–water partition coefficient (Wildman–Crippen LogP) is 4.47. The topological polar surface area (TPSA) is 112 Å². The average Bonchev–Trinajstić information content (AvgIpc) is 3.16. The number of rotatable bonds is 9. The zero-order valence-electron chi connectivity index (χ0n) is 21.5. The second-order valence-electron chi connectivity index (χ2n) is 8.82. The Balaban J connectivity index is 1.63. The lowest BCUT2D eigenvalue weighted by Gasteiger charge is -2.32. The van der Waals surface area contributed by atoms with E-state index in [9.17, 15) is 19.2 Å². The van der Waals surface area contributed by atoms with Crippen molar-refractivity contribution in [2.75, 3.05) is 33.5 Å². The van der Waals surface area contributed by atoms with Crippen LogP contribution < -0.4 is 0 Å². The van der Waals surface area contributed by atoms with Crippen LogP contribution in [0.5, 0.6) is 0 Å². The molecule has 0 saturated carbocycles. The summed E-state index contributed by atoms with van der Waals surface area (Å²) in [6, 6.07) is 11.5.